The molecular weight excluding hydrogens is 284 g/mol. The highest BCUT2D eigenvalue weighted by Gasteiger charge is 2.48. The van der Waals surface area contributed by atoms with Gasteiger partial charge in [0.25, 0.3) is 5.91 Å². The van der Waals surface area contributed by atoms with Gasteiger partial charge in [-0.3, -0.25) is 4.79 Å². The molecule has 0 spiro atoms. The Bertz CT molecular complexity index is 646. The Morgan fingerprint density at radius 3 is 2.70 bits per heavy atom. The van der Waals surface area contributed by atoms with Crippen LogP contribution in [-0.4, -0.2) is 38.4 Å². The van der Waals surface area contributed by atoms with Gasteiger partial charge >= 0.3 is 0 Å². The molecule has 1 aromatic heterocycles. The first-order valence-corrected chi connectivity index (χ1v) is 6.26. The number of nitrogens with zero attached hydrogens (tertiary/aromatic N) is 4. The average molecular weight is 295 g/mol. The fourth-order valence-electron chi connectivity index (χ4n) is 2.19. The highest BCUT2D eigenvalue weighted by atomic mass is 35.5. The van der Waals surface area contributed by atoms with Gasteiger partial charge in [-0.1, -0.05) is 6.07 Å². The monoisotopic (exact) mass is 294 g/mol. The molecule has 2 aromatic rings. The van der Waals surface area contributed by atoms with E-state index in [-0.39, 0.29) is 17.7 Å². The third-order valence-electron chi connectivity index (χ3n) is 3.20. The maximum Gasteiger partial charge on any atom is 0.262 e. The van der Waals surface area contributed by atoms with E-state index in [1.165, 1.54) is 35.5 Å². The maximum atomic E-state index is 11.9. The lowest BCUT2D eigenvalue weighted by atomic mass is 9.95. The number of amides is 1. The van der Waals surface area contributed by atoms with Crippen LogP contribution < -0.4 is 9.75 Å². The fourth-order valence-corrected chi connectivity index (χ4v) is 2.54. The fraction of sp³-hybridized carbons (Fsp3) is 0.250. The van der Waals surface area contributed by atoms with E-state index < -0.39 is 5.38 Å². The number of aromatic hydroxyl groups is 1. The Morgan fingerprint density at radius 1 is 1.35 bits per heavy atom. The van der Waals surface area contributed by atoms with E-state index in [2.05, 4.69) is 10.2 Å². The highest BCUT2D eigenvalue weighted by Crippen LogP contribution is 2.39. The molecule has 7 nitrogen and oxygen atoms in total. The van der Waals surface area contributed by atoms with Gasteiger partial charge in [0.15, 0.2) is 11.5 Å². The van der Waals surface area contributed by atoms with Crippen LogP contribution in [0.1, 0.15) is 11.6 Å². The Labute approximate surface area is 119 Å². The van der Waals surface area contributed by atoms with Crippen LogP contribution in [0.25, 0.3) is 0 Å². The Kier molecular flexibility index (Phi) is 2.98. The van der Waals surface area contributed by atoms with Crippen LogP contribution in [0.15, 0.2) is 30.9 Å². The molecule has 1 aliphatic heterocycles. The molecule has 0 bridgehead atoms. The predicted molar refractivity (Wildman–Crippen MR) is 70.3 cm³/mol. The largest absolute Gasteiger partial charge is 0.504 e. The van der Waals surface area contributed by atoms with Crippen LogP contribution in [0.5, 0.6) is 11.5 Å². The molecular formula is C12H11ClN4O3. The van der Waals surface area contributed by atoms with Gasteiger partial charge in [-0.05, 0) is 17.7 Å². The zero-order valence-electron chi connectivity index (χ0n) is 10.5. The number of carbonyl (C=O) groups is 1. The molecule has 0 radical (unpaired) electrons. The summed E-state index contributed by atoms with van der Waals surface area (Å²) in [7, 11) is 1.46. The zero-order valence-corrected chi connectivity index (χ0v) is 11.2. The summed E-state index contributed by atoms with van der Waals surface area (Å²) in [6.45, 7) is 0. The first-order chi connectivity index (χ1) is 9.63. The van der Waals surface area contributed by atoms with Crippen molar-refractivity contribution in [1.82, 2.24) is 14.9 Å². The molecule has 1 amide bonds. The minimum atomic E-state index is -0.674. The second-order valence-corrected chi connectivity index (χ2v) is 4.77. The lowest BCUT2D eigenvalue weighted by molar-refractivity contribution is -0.126. The molecule has 8 heteroatoms. The SMILES string of the molecule is COc1cc(C2C(Cl)C(=O)N2n2cnnc2)ccc1O. The molecule has 0 saturated carbocycles. The van der Waals surface area contributed by atoms with Crippen LogP contribution in [0, 0.1) is 0 Å². The molecule has 1 aromatic carbocycles. The van der Waals surface area contributed by atoms with E-state index >= 15 is 0 Å². The van der Waals surface area contributed by atoms with Gasteiger partial charge in [0.1, 0.15) is 24.1 Å². The number of ether oxygens (including phenoxy) is 1. The number of methoxy groups -OCH3 is 1. The lowest BCUT2D eigenvalue weighted by Crippen LogP contribution is -2.61. The van der Waals surface area contributed by atoms with Crippen molar-refractivity contribution in [3.8, 4) is 11.5 Å². The first-order valence-electron chi connectivity index (χ1n) is 5.82. The van der Waals surface area contributed by atoms with Gasteiger partial charge in [-0.25, -0.2) is 9.69 Å². The normalized spacial score (nSPS) is 21.7. The molecule has 1 saturated heterocycles. The molecule has 2 heterocycles. The van der Waals surface area contributed by atoms with Crippen LogP contribution in [0.3, 0.4) is 0 Å². The van der Waals surface area contributed by atoms with E-state index in [0.29, 0.717) is 5.75 Å². The Hall–Kier alpha value is -2.28. The summed E-state index contributed by atoms with van der Waals surface area (Å²) < 4.78 is 6.54. The summed E-state index contributed by atoms with van der Waals surface area (Å²) in [6, 6.07) is 4.49. The van der Waals surface area contributed by atoms with Gasteiger partial charge in [0.05, 0.1) is 7.11 Å². The molecule has 2 atom stereocenters. The maximum absolute atomic E-state index is 11.9. The third kappa shape index (κ3) is 1.78. The highest BCUT2D eigenvalue weighted by molar-refractivity contribution is 6.36. The summed E-state index contributed by atoms with van der Waals surface area (Å²) in [5, 5.41) is 17.7. The smallest absolute Gasteiger partial charge is 0.262 e. The molecule has 104 valence electrons. The van der Waals surface area contributed by atoms with Crippen LogP contribution in [0.4, 0.5) is 0 Å². The molecule has 2 unspecified atom stereocenters. The minimum absolute atomic E-state index is 0.0314. The van der Waals surface area contributed by atoms with E-state index in [0.717, 1.165) is 5.56 Å². The topological polar surface area (TPSA) is 80.5 Å². The first kappa shape index (κ1) is 12.7. The van der Waals surface area contributed by atoms with Gasteiger partial charge in [0, 0.05) is 0 Å². The average Bonchev–Trinajstić information content (AvgIpc) is 2.98. The van der Waals surface area contributed by atoms with Gasteiger partial charge < -0.3 is 9.84 Å². The number of phenols is 1. The Balaban J connectivity index is 1.98. The molecule has 0 aliphatic carbocycles. The minimum Gasteiger partial charge on any atom is -0.504 e. The number of alkyl halides is 1. The number of aromatic nitrogens is 3. The third-order valence-corrected chi connectivity index (χ3v) is 3.63. The summed E-state index contributed by atoms with van der Waals surface area (Å²) in [6.07, 6.45) is 2.84. The van der Waals surface area contributed by atoms with Gasteiger partial charge in [-0.2, -0.15) is 0 Å². The van der Waals surface area contributed by atoms with Crippen molar-refractivity contribution >= 4 is 17.5 Å². The second kappa shape index (κ2) is 4.68. The molecule has 3 rings (SSSR count). The van der Waals surface area contributed by atoms with Gasteiger partial charge in [0.2, 0.25) is 0 Å². The quantitative estimate of drug-likeness (QED) is 0.669. The number of rotatable bonds is 3. The number of carbonyl (C=O) groups excluding carboxylic acids is 1. The van der Waals surface area contributed by atoms with Crippen molar-refractivity contribution in [2.75, 3.05) is 12.1 Å². The lowest BCUT2D eigenvalue weighted by Gasteiger charge is -2.43. The molecule has 1 fully saturated rings. The van der Waals surface area contributed by atoms with Crippen molar-refractivity contribution < 1.29 is 14.6 Å². The number of halogens is 1. The van der Waals surface area contributed by atoms with Crippen LogP contribution in [0.2, 0.25) is 0 Å². The van der Waals surface area contributed by atoms with Crippen molar-refractivity contribution in [2.24, 2.45) is 0 Å². The number of hydrogen-bond acceptors (Lipinski definition) is 5. The standard InChI is InChI=1S/C12H11ClN4O3/c1-20-9-4-7(2-3-8(9)18)11-10(13)12(19)17(11)16-5-14-15-6-16/h2-6,10-11,18H,1H3. The summed E-state index contributed by atoms with van der Waals surface area (Å²) in [5.74, 6) is 0.127. The zero-order chi connectivity index (χ0) is 14.3. The van der Waals surface area contributed by atoms with E-state index in [1.807, 2.05) is 0 Å². The van der Waals surface area contributed by atoms with E-state index in [9.17, 15) is 9.90 Å². The second-order valence-electron chi connectivity index (χ2n) is 4.30. The summed E-state index contributed by atoms with van der Waals surface area (Å²) in [5.41, 5.74) is 0.757. The predicted octanol–water partition coefficient (Wildman–Crippen LogP) is 0.819. The van der Waals surface area contributed by atoms with Crippen LogP contribution >= 0.6 is 11.6 Å². The summed E-state index contributed by atoms with van der Waals surface area (Å²) >= 11 is 6.10. The summed E-state index contributed by atoms with van der Waals surface area (Å²) in [4.78, 5) is 11.9. The Morgan fingerprint density at radius 2 is 2.05 bits per heavy atom. The van der Waals surface area contributed by atoms with E-state index in [4.69, 9.17) is 16.3 Å². The van der Waals surface area contributed by atoms with E-state index in [1.54, 1.807) is 12.1 Å². The number of phenolic OH excluding ortho intramolecular Hbond substituents is 1. The van der Waals surface area contributed by atoms with Crippen molar-refractivity contribution in [1.29, 1.82) is 0 Å². The van der Waals surface area contributed by atoms with Crippen molar-refractivity contribution in [2.45, 2.75) is 11.4 Å². The molecule has 20 heavy (non-hydrogen) atoms. The van der Waals surface area contributed by atoms with Crippen LogP contribution in [-0.2, 0) is 4.79 Å². The number of hydrogen-bond donors (Lipinski definition) is 1. The van der Waals surface area contributed by atoms with Gasteiger partial charge in [-0.15, -0.1) is 21.8 Å². The van der Waals surface area contributed by atoms with Crippen molar-refractivity contribution in [3.05, 3.63) is 36.4 Å². The number of β-lactam (4-membered cyclic amide) rings is 1. The van der Waals surface area contributed by atoms with Crippen molar-refractivity contribution in [3.63, 3.8) is 0 Å². The molecule has 1 aliphatic rings. The number of benzene rings is 1. The molecule has 1 N–H and O–H groups in total.